The van der Waals surface area contributed by atoms with Crippen molar-refractivity contribution in [3.05, 3.63) is 0 Å². The molecule has 0 aromatic heterocycles. The van der Waals surface area contributed by atoms with Gasteiger partial charge in [0.15, 0.2) is 17.4 Å². The van der Waals surface area contributed by atoms with Crippen LogP contribution in [0, 0.1) is 0 Å². The van der Waals surface area contributed by atoms with E-state index in [2.05, 4.69) is 0 Å². The molecular formula is H7AlFLiMg. The van der Waals surface area contributed by atoms with Crippen LogP contribution in [0.4, 0.5) is 4.70 Å². The fourth-order valence-electron chi connectivity index (χ4n) is 0. The molecular weight excluding hydrogens is 77.2 g/mol. The molecule has 0 spiro atoms. The van der Waals surface area contributed by atoms with E-state index in [1.165, 1.54) is 0 Å². The zero-order chi connectivity index (χ0) is 0. The molecule has 0 aliphatic rings. The maximum Gasteiger partial charge on any atom is 0.316 e. The van der Waals surface area contributed by atoms with Crippen molar-refractivity contribution in [1.82, 2.24) is 0 Å². The number of hydrogen-bond acceptors (Lipinski definition) is 0. The molecule has 0 unspecified atom stereocenters. The van der Waals surface area contributed by atoms with Gasteiger partial charge < -0.3 is 0 Å². The predicted octanol–water partition coefficient (Wildman–Crippen LogP) is -2.60. The first-order valence-corrected chi connectivity index (χ1v) is 0. The molecule has 0 aromatic carbocycles. The van der Waals surface area contributed by atoms with Crippen molar-refractivity contribution < 1.29 is 4.70 Å². The van der Waals surface area contributed by atoms with Gasteiger partial charge in [-0.15, -0.1) is 0 Å². The third kappa shape index (κ3) is 9.16. The third-order valence-electron chi connectivity index (χ3n) is 0. The van der Waals surface area contributed by atoms with E-state index in [1.807, 2.05) is 0 Å². The molecule has 0 saturated carbocycles. The van der Waals surface area contributed by atoms with Crippen LogP contribution in [0.25, 0.3) is 0 Å². The molecule has 4 heavy (non-hydrogen) atoms. The minimum Gasteiger partial charge on any atom is 0.316 e. The largest absolute Gasteiger partial charge is 0.316 e. The molecule has 0 fully saturated rings. The maximum absolute atomic E-state index is 0. The minimum atomic E-state index is 0. The van der Waals surface area contributed by atoms with Gasteiger partial charge in [0, 0.05) is 0 Å². The molecule has 4 heteroatoms. The van der Waals surface area contributed by atoms with Crippen molar-refractivity contribution in [2.45, 2.75) is 0 Å². The van der Waals surface area contributed by atoms with E-state index < -0.39 is 0 Å². The summed E-state index contributed by atoms with van der Waals surface area (Å²) in [5, 5.41) is 0. The molecule has 0 saturated heterocycles. The van der Waals surface area contributed by atoms with E-state index >= 15 is 0 Å². The molecule has 0 radical (unpaired) electrons. The van der Waals surface area contributed by atoms with Crippen molar-refractivity contribution >= 4 is 59.3 Å². The fraction of sp³-hybridized carbons (Fsp3) is 0. The van der Waals surface area contributed by atoms with Crippen LogP contribution in [0.3, 0.4) is 0 Å². The van der Waals surface area contributed by atoms with Gasteiger partial charge in [0.2, 0.25) is 0 Å². The summed E-state index contributed by atoms with van der Waals surface area (Å²) in [4.78, 5) is 0. The van der Waals surface area contributed by atoms with Crippen molar-refractivity contribution in [3.8, 4) is 0 Å². The molecule has 0 N–H and O–H groups in total. The molecule has 20 valence electrons. The first-order valence-electron chi connectivity index (χ1n) is 0. The van der Waals surface area contributed by atoms with Crippen molar-refractivity contribution in [2.75, 3.05) is 0 Å². The minimum absolute atomic E-state index is 0. The summed E-state index contributed by atoms with van der Waals surface area (Å²) in [7, 11) is 0. The molecule has 0 rings (SSSR count). The Kier molecular flexibility index (Phi) is 216. The fourth-order valence-corrected chi connectivity index (χ4v) is 0. The Morgan fingerprint density at radius 1 is 1.00 bits per heavy atom. The number of hydrogen-bond donors (Lipinski definition) is 0. The summed E-state index contributed by atoms with van der Waals surface area (Å²) in [6.07, 6.45) is 0. The van der Waals surface area contributed by atoms with E-state index in [9.17, 15) is 0 Å². The van der Waals surface area contributed by atoms with Gasteiger partial charge >= 0.3 is 41.9 Å². The Bertz CT molecular complexity index is 8.00. The van der Waals surface area contributed by atoms with E-state index in [4.69, 9.17) is 0 Å². The van der Waals surface area contributed by atoms with Crippen LogP contribution in [-0.4, -0.2) is 59.3 Å². The zero-order valence-electron chi connectivity index (χ0n) is 0.408. The molecule has 0 atom stereocenters. The number of halogens is 1. The van der Waals surface area contributed by atoms with E-state index in [0.717, 1.165) is 0 Å². The average Bonchev–Trinajstić information content (AvgIpc) is 0. The van der Waals surface area contributed by atoms with Crippen LogP contribution in [0.5, 0.6) is 0 Å². The van der Waals surface area contributed by atoms with Gasteiger partial charge in [-0.1, -0.05) is 0 Å². The Balaban J connectivity index is 0. The summed E-state index contributed by atoms with van der Waals surface area (Å²) in [5.74, 6) is 0. The second-order valence-electron chi connectivity index (χ2n) is 0. The topological polar surface area (TPSA) is 0 Å². The van der Waals surface area contributed by atoms with Gasteiger partial charge in [0.05, 0.1) is 0 Å². The van der Waals surface area contributed by atoms with E-state index in [0.29, 0.717) is 0 Å². The van der Waals surface area contributed by atoms with Crippen LogP contribution in [-0.2, 0) is 0 Å². The quantitative estimate of drug-likeness (QED) is 0.282. The Morgan fingerprint density at radius 2 is 1.00 bits per heavy atom. The summed E-state index contributed by atoms with van der Waals surface area (Å²) in [5.41, 5.74) is 0. The second kappa shape index (κ2) is 21.2. The molecule has 0 bridgehead atoms. The van der Waals surface area contributed by atoms with E-state index in [-0.39, 0.29) is 64.0 Å². The SMILES string of the molecule is F.[AlH3].[LiH].[MgH2]. The van der Waals surface area contributed by atoms with Crippen LogP contribution in [0.2, 0.25) is 0 Å². The van der Waals surface area contributed by atoms with E-state index in [1.54, 1.807) is 0 Å². The zero-order valence-corrected chi connectivity index (χ0v) is 0.408. The molecule has 0 aromatic rings. The first-order chi connectivity index (χ1) is 0. The summed E-state index contributed by atoms with van der Waals surface area (Å²) in [6.45, 7) is 0. The predicted molar refractivity (Wildman–Crippen MR) is 28.1 cm³/mol. The Morgan fingerprint density at radius 3 is 1.00 bits per heavy atom. The number of rotatable bonds is 0. The molecule has 0 aliphatic heterocycles. The molecule has 0 heterocycles. The summed E-state index contributed by atoms with van der Waals surface area (Å²) >= 11 is 0. The Hall–Kier alpha value is 1.83. The van der Waals surface area contributed by atoms with Crippen LogP contribution >= 0.6 is 0 Å². The van der Waals surface area contributed by atoms with Crippen LogP contribution in [0.1, 0.15) is 0 Å². The van der Waals surface area contributed by atoms with Crippen LogP contribution < -0.4 is 0 Å². The van der Waals surface area contributed by atoms with Gasteiger partial charge in [0.1, 0.15) is 0 Å². The maximum atomic E-state index is 0. The van der Waals surface area contributed by atoms with Crippen LogP contribution in [0.15, 0.2) is 0 Å². The molecule has 0 amide bonds. The Labute approximate surface area is 63.5 Å². The smallest absolute Gasteiger partial charge is 0.316 e. The van der Waals surface area contributed by atoms with Gasteiger partial charge in [-0.05, 0) is 0 Å². The van der Waals surface area contributed by atoms with Crippen molar-refractivity contribution in [1.29, 1.82) is 0 Å². The first kappa shape index (κ1) is 40.7. The monoisotopic (exact) mass is 84.0 g/mol. The van der Waals surface area contributed by atoms with Crippen molar-refractivity contribution in [3.63, 3.8) is 0 Å². The standard InChI is InChI=1S/Al.FH.Li.Mg.6H/h;1H;;;;;;;;. The molecule has 0 nitrogen and oxygen atoms in total. The van der Waals surface area contributed by atoms with Gasteiger partial charge in [-0.2, -0.15) is 0 Å². The second-order valence-corrected chi connectivity index (χ2v) is 0. The normalized spacial score (nSPS) is 0. The van der Waals surface area contributed by atoms with Gasteiger partial charge in [0.25, 0.3) is 0 Å². The van der Waals surface area contributed by atoms with Gasteiger partial charge in [-0.25, -0.2) is 0 Å². The summed E-state index contributed by atoms with van der Waals surface area (Å²) < 4.78 is 0. The van der Waals surface area contributed by atoms with Gasteiger partial charge in [-0.3, -0.25) is 4.70 Å². The van der Waals surface area contributed by atoms with Crippen molar-refractivity contribution in [2.24, 2.45) is 0 Å². The summed E-state index contributed by atoms with van der Waals surface area (Å²) in [6, 6.07) is 0. The average molecular weight is 84.3 g/mol. The third-order valence-corrected chi connectivity index (χ3v) is 0. The molecule has 0 aliphatic carbocycles.